The molecule has 1 aliphatic heterocycles. The Labute approximate surface area is 258 Å². The summed E-state index contributed by atoms with van der Waals surface area (Å²) in [6.07, 6.45) is 6.49. The molecule has 3 atom stereocenters. The zero-order valence-corrected chi connectivity index (χ0v) is 25.9. The Bertz CT molecular complexity index is 1580. The van der Waals surface area contributed by atoms with E-state index in [0.717, 1.165) is 59.4 Å². The molecule has 1 saturated heterocycles. The average molecular weight is 602 g/mol. The fourth-order valence-electron chi connectivity index (χ4n) is 6.84. The lowest BCUT2D eigenvalue weighted by atomic mass is 9.80. The van der Waals surface area contributed by atoms with Crippen molar-refractivity contribution in [2.45, 2.75) is 70.1 Å². The van der Waals surface area contributed by atoms with Crippen LogP contribution < -0.4 is 10.1 Å². The summed E-state index contributed by atoms with van der Waals surface area (Å²) in [5, 5.41) is 15.1. The average Bonchev–Trinajstić information content (AvgIpc) is 3.68. The zero-order chi connectivity index (χ0) is 30.7. The lowest BCUT2D eigenvalue weighted by Crippen LogP contribution is -2.54. The van der Waals surface area contributed by atoms with Crippen molar-refractivity contribution in [2.75, 3.05) is 40.0 Å². The van der Waals surface area contributed by atoms with E-state index in [2.05, 4.69) is 10.3 Å². The third kappa shape index (κ3) is 5.86. The lowest BCUT2D eigenvalue weighted by Gasteiger charge is -2.41. The van der Waals surface area contributed by atoms with Gasteiger partial charge in [-0.25, -0.2) is 9.97 Å². The first-order valence-electron chi connectivity index (χ1n) is 15.8. The molecule has 2 N–H and O–H groups in total. The Hall–Kier alpha value is -3.73. The van der Waals surface area contributed by atoms with Gasteiger partial charge in [-0.15, -0.1) is 0 Å². The molecule has 0 spiro atoms. The highest BCUT2D eigenvalue weighted by molar-refractivity contribution is 5.98. The van der Waals surface area contributed by atoms with E-state index >= 15 is 0 Å². The summed E-state index contributed by atoms with van der Waals surface area (Å²) in [4.78, 5) is 25.5. The van der Waals surface area contributed by atoms with Gasteiger partial charge in [-0.2, -0.15) is 0 Å². The molecular formula is C34H43N5O5. The summed E-state index contributed by atoms with van der Waals surface area (Å²) in [5.41, 5.74) is 3.55. The molecule has 1 amide bonds. The first-order chi connectivity index (χ1) is 21.4. The van der Waals surface area contributed by atoms with Crippen LogP contribution in [0.2, 0.25) is 0 Å². The highest BCUT2D eigenvalue weighted by atomic mass is 16.5. The molecule has 0 bridgehead atoms. The Balaban J connectivity index is 1.24. The monoisotopic (exact) mass is 601 g/mol. The number of carbonyl (C=O) groups is 1. The number of hydrogen-bond donors (Lipinski definition) is 2. The number of carbonyl (C=O) groups excluding carboxylic acids is 1. The number of nitrogens with one attached hydrogen (secondary N) is 1. The standard InChI is InChI=1S/C34H43N5O5/c1-4-29-37-26-13-14-27(23(2)32(26)44-29)43-19-15-25-20-35-17-18-38(25)33(40)30-31(24-10-6-5-7-11-24)39(22-36-30)28-12-8-9-16-34(28,41)21-42-3/h5-7,10-11,13-14,22,25,28,35,41H,4,8-9,12,15-21H2,1-3H3/t25-,28-,34-/m1/s1. The minimum absolute atomic E-state index is 0.0638. The SMILES string of the molecule is CCc1nc2ccc(OCC[C@@H]3CNCCN3C(=O)c3ncn([C@@H]4CCCC[C@@]4(O)COC)c3-c3ccccc3)c(C)c2o1. The summed E-state index contributed by atoms with van der Waals surface area (Å²) < 4.78 is 19.6. The largest absolute Gasteiger partial charge is 0.493 e. The minimum Gasteiger partial charge on any atom is -0.493 e. The molecule has 2 aromatic heterocycles. The van der Waals surface area contributed by atoms with Crippen molar-refractivity contribution in [2.24, 2.45) is 0 Å². The lowest BCUT2D eigenvalue weighted by molar-refractivity contribution is -0.0893. The van der Waals surface area contributed by atoms with Crippen molar-refractivity contribution >= 4 is 17.0 Å². The highest BCUT2D eigenvalue weighted by Gasteiger charge is 2.42. The quantitative estimate of drug-likeness (QED) is 0.263. The molecule has 10 heteroatoms. The molecule has 6 rings (SSSR count). The molecule has 3 heterocycles. The molecule has 1 aliphatic carbocycles. The van der Waals surface area contributed by atoms with Gasteiger partial charge in [0.2, 0.25) is 0 Å². The number of rotatable bonds is 10. The maximum absolute atomic E-state index is 14.3. The van der Waals surface area contributed by atoms with Crippen molar-refractivity contribution < 1.29 is 23.8 Å². The number of amides is 1. The molecule has 0 radical (unpaired) electrons. The predicted octanol–water partition coefficient (Wildman–Crippen LogP) is 4.94. The Kier molecular flexibility index (Phi) is 9.02. The van der Waals surface area contributed by atoms with Crippen molar-refractivity contribution in [3.8, 4) is 17.0 Å². The fourth-order valence-corrected chi connectivity index (χ4v) is 6.84. The number of hydrogen-bond acceptors (Lipinski definition) is 8. The van der Waals surface area contributed by atoms with E-state index in [0.29, 0.717) is 50.7 Å². The molecular weight excluding hydrogens is 558 g/mol. The van der Waals surface area contributed by atoms with Gasteiger partial charge in [0.1, 0.15) is 16.9 Å². The van der Waals surface area contributed by atoms with Crippen LogP contribution in [-0.2, 0) is 11.2 Å². The zero-order valence-electron chi connectivity index (χ0n) is 25.9. The maximum Gasteiger partial charge on any atom is 0.275 e. The van der Waals surface area contributed by atoms with Crippen LogP contribution in [-0.4, -0.2) is 82.0 Å². The molecule has 44 heavy (non-hydrogen) atoms. The van der Waals surface area contributed by atoms with Gasteiger partial charge >= 0.3 is 0 Å². The molecule has 0 unspecified atom stereocenters. The molecule has 234 valence electrons. The Morgan fingerprint density at radius 3 is 2.84 bits per heavy atom. The van der Waals surface area contributed by atoms with Gasteiger partial charge in [0, 0.05) is 56.8 Å². The van der Waals surface area contributed by atoms with Crippen LogP contribution in [0.3, 0.4) is 0 Å². The molecule has 2 aromatic carbocycles. The molecule has 2 aliphatic rings. The van der Waals surface area contributed by atoms with Gasteiger partial charge in [-0.05, 0) is 31.9 Å². The number of oxazole rings is 1. The molecule has 4 aromatic rings. The highest BCUT2D eigenvalue weighted by Crippen LogP contribution is 2.41. The summed E-state index contributed by atoms with van der Waals surface area (Å²) in [7, 11) is 1.62. The van der Waals surface area contributed by atoms with E-state index in [-0.39, 0.29) is 24.6 Å². The van der Waals surface area contributed by atoms with E-state index in [1.54, 1.807) is 13.4 Å². The first kappa shape index (κ1) is 30.3. The second kappa shape index (κ2) is 13.1. The predicted molar refractivity (Wildman–Crippen MR) is 168 cm³/mol. The number of fused-ring (bicyclic) bond motifs is 1. The third-order valence-electron chi connectivity index (χ3n) is 9.15. The van der Waals surface area contributed by atoms with E-state index in [1.807, 2.05) is 65.8 Å². The van der Waals surface area contributed by atoms with Crippen LogP contribution in [0.15, 0.2) is 53.2 Å². The summed E-state index contributed by atoms with van der Waals surface area (Å²) in [6, 6.07) is 13.5. The Morgan fingerprint density at radius 1 is 1.20 bits per heavy atom. The van der Waals surface area contributed by atoms with Gasteiger partial charge in [0.25, 0.3) is 5.91 Å². The topological polar surface area (TPSA) is 115 Å². The number of methoxy groups -OCH3 is 1. The van der Waals surface area contributed by atoms with Crippen molar-refractivity contribution in [3.63, 3.8) is 0 Å². The second-order valence-corrected chi connectivity index (χ2v) is 12.0. The number of ether oxygens (including phenoxy) is 2. The summed E-state index contributed by atoms with van der Waals surface area (Å²) in [5.74, 6) is 1.37. The minimum atomic E-state index is -1.03. The van der Waals surface area contributed by atoms with E-state index in [1.165, 1.54) is 0 Å². The van der Waals surface area contributed by atoms with Crippen molar-refractivity contribution in [1.29, 1.82) is 0 Å². The van der Waals surface area contributed by atoms with E-state index in [4.69, 9.17) is 18.9 Å². The van der Waals surface area contributed by atoms with Crippen molar-refractivity contribution in [1.82, 2.24) is 24.8 Å². The number of imidazole rings is 1. The summed E-state index contributed by atoms with van der Waals surface area (Å²) >= 11 is 0. The maximum atomic E-state index is 14.3. The molecule has 1 saturated carbocycles. The van der Waals surface area contributed by atoms with Gasteiger partial charge in [-0.1, -0.05) is 50.1 Å². The van der Waals surface area contributed by atoms with Crippen LogP contribution in [0.4, 0.5) is 0 Å². The van der Waals surface area contributed by atoms with Gasteiger partial charge < -0.3 is 33.8 Å². The number of piperazine rings is 1. The van der Waals surface area contributed by atoms with Gasteiger partial charge in [0.05, 0.1) is 31.3 Å². The van der Waals surface area contributed by atoms with Crippen LogP contribution in [0.5, 0.6) is 5.75 Å². The van der Waals surface area contributed by atoms with Gasteiger partial charge in [0.15, 0.2) is 17.2 Å². The summed E-state index contributed by atoms with van der Waals surface area (Å²) in [6.45, 7) is 6.65. The molecule has 10 nitrogen and oxygen atoms in total. The van der Waals surface area contributed by atoms with Gasteiger partial charge in [-0.3, -0.25) is 4.79 Å². The van der Waals surface area contributed by atoms with Crippen molar-refractivity contribution in [3.05, 3.63) is 65.9 Å². The normalized spacial score (nSPS) is 22.4. The second-order valence-electron chi connectivity index (χ2n) is 12.0. The van der Waals surface area contributed by atoms with Crippen LogP contribution in [0.1, 0.15) is 67.0 Å². The van der Waals surface area contributed by atoms with E-state index < -0.39 is 5.60 Å². The number of aliphatic hydroxyl groups is 1. The van der Waals surface area contributed by atoms with Crippen LogP contribution in [0, 0.1) is 6.92 Å². The number of benzene rings is 2. The third-order valence-corrected chi connectivity index (χ3v) is 9.15. The molecule has 2 fully saturated rings. The van der Waals surface area contributed by atoms with Crippen LogP contribution in [0.25, 0.3) is 22.4 Å². The fraction of sp³-hybridized carbons (Fsp3) is 0.500. The first-order valence-corrected chi connectivity index (χ1v) is 15.8. The number of aryl methyl sites for hydroxylation is 2. The smallest absolute Gasteiger partial charge is 0.275 e. The number of aromatic nitrogens is 3. The Morgan fingerprint density at radius 2 is 2.05 bits per heavy atom. The number of nitrogens with zero attached hydrogens (tertiary/aromatic N) is 4. The van der Waals surface area contributed by atoms with Crippen LogP contribution >= 0.6 is 0 Å². The van der Waals surface area contributed by atoms with E-state index in [9.17, 15) is 9.90 Å².